The molecule has 6 nitrogen and oxygen atoms in total. The Bertz CT molecular complexity index is 469. The summed E-state index contributed by atoms with van der Waals surface area (Å²) >= 11 is 0. The number of nitrogens with zero attached hydrogens (tertiary/aromatic N) is 1. The summed E-state index contributed by atoms with van der Waals surface area (Å²) in [7, 11) is 1.28. The van der Waals surface area contributed by atoms with Crippen LogP contribution in [0.3, 0.4) is 0 Å². The molecule has 0 aliphatic rings. The minimum atomic E-state index is -0.517. The summed E-state index contributed by atoms with van der Waals surface area (Å²) in [6.07, 6.45) is -0.0574. The van der Waals surface area contributed by atoms with Gasteiger partial charge >= 0.3 is 5.97 Å². The molecule has 6 heteroatoms. The maximum atomic E-state index is 11.5. The van der Waals surface area contributed by atoms with Gasteiger partial charge in [0.2, 0.25) is 0 Å². The summed E-state index contributed by atoms with van der Waals surface area (Å²) < 4.78 is 10.1. The van der Waals surface area contributed by atoms with Crippen LogP contribution in [0.1, 0.15) is 29.8 Å². The van der Waals surface area contributed by atoms with Gasteiger partial charge in [-0.05, 0) is 32.0 Å². The van der Waals surface area contributed by atoms with Gasteiger partial charge in [-0.3, -0.25) is 0 Å². The van der Waals surface area contributed by atoms with Gasteiger partial charge in [0.15, 0.2) is 5.84 Å². The molecule has 0 atom stereocenters. The molecular formula is C12H16N2O4. The highest BCUT2D eigenvalue weighted by atomic mass is 16.5. The van der Waals surface area contributed by atoms with Crippen molar-refractivity contribution < 1.29 is 19.5 Å². The van der Waals surface area contributed by atoms with Crippen LogP contribution < -0.4 is 10.5 Å². The van der Waals surface area contributed by atoms with E-state index in [0.717, 1.165) is 0 Å². The van der Waals surface area contributed by atoms with E-state index in [1.54, 1.807) is 12.1 Å². The minimum absolute atomic E-state index is 0.0574. The van der Waals surface area contributed by atoms with Crippen LogP contribution in [0.4, 0.5) is 0 Å². The lowest BCUT2D eigenvalue weighted by Gasteiger charge is -2.12. The third kappa shape index (κ3) is 3.38. The van der Waals surface area contributed by atoms with Crippen LogP contribution in [0.5, 0.6) is 5.75 Å². The number of hydrogen-bond donors (Lipinski definition) is 2. The lowest BCUT2D eigenvalue weighted by atomic mass is 10.1. The Morgan fingerprint density at radius 2 is 1.94 bits per heavy atom. The lowest BCUT2D eigenvalue weighted by molar-refractivity contribution is 0.0600. The Hall–Kier alpha value is -2.24. The second-order valence-corrected chi connectivity index (χ2v) is 3.89. The Labute approximate surface area is 105 Å². The van der Waals surface area contributed by atoms with Crippen LogP contribution in [0.25, 0.3) is 0 Å². The summed E-state index contributed by atoms with van der Waals surface area (Å²) in [6.45, 7) is 3.71. The highest BCUT2D eigenvalue weighted by Gasteiger charge is 2.12. The van der Waals surface area contributed by atoms with E-state index in [0.29, 0.717) is 11.3 Å². The topological polar surface area (TPSA) is 94.1 Å². The van der Waals surface area contributed by atoms with Crippen molar-refractivity contribution in [3.8, 4) is 5.75 Å². The largest absolute Gasteiger partial charge is 0.491 e. The van der Waals surface area contributed by atoms with E-state index in [4.69, 9.17) is 15.7 Å². The van der Waals surface area contributed by atoms with Crippen molar-refractivity contribution in [2.45, 2.75) is 20.0 Å². The van der Waals surface area contributed by atoms with Gasteiger partial charge in [-0.2, -0.15) is 0 Å². The number of methoxy groups -OCH3 is 1. The number of amidine groups is 1. The molecule has 0 amide bonds. The molecule has 0 saturated carbocycles. The van der Waals surface area contributed by atoms with Crippen molar-refractivity contribution in [2.24, 2.45) is 10.9 Å². The molecule has 1 aromatic carbocycles. The molecule has 0 aliphatic heterocycles. The third-order valence-corrected chi connectivity index (χ3v) is 2.10. The van der Waals surface area contributed by atoms with Gasteiger partial charge in [0.05, 0.1) is 18.8 Å². The average Bonchev–Trinajstić information content (AvgIpc) is 2.35. The fourth-order valence-corrected chi connectivity index (χ4v) is 1.38. The van der Waals surface area contributed by atoms with Crippen LogP contribution in [0.15, 0.2) is 23.4 Å². The van der Waals surface area contributed by atoms with E-state index >= 15 is 0 Å². The van der Waals surface area contributed by atoms with Crippen molar-refractivity contribution in [1.82, 2.24) is 0 Å². The van der Waals surface area contributed by atoms with E-state index < -0.39 is 5.97 Å². The number of oxime groups is 1. The normalized spacial score (nSPS) is 11.4. The predicted octanol–water partition coefficient (Wildman–Crippen LogP) is 1.35. The van der Waals surface area contributed by atoms with Gasteiger partial charge in [0.1, 0.15) is 5.75 Å². The molecule has 0 saturated heterocycles. The van der Waals surface area contributed by atoms with E-state index in [-0.39, 0.29) is 17.5 Å². The molecule has 1 rings (SSSR count). The van der Waals surface area contributed by atoms with E-state index in [1.165, 1.54) is 13.2 Å². The molecule has 0 aliphatic carbocycles. The Morgan fingerprint density at radius 3 is 2.44 bits per heavy atom. The Morgan fingerprint density at radius 1 is 1.33 bits per heavy atom. The molecule has 1 aromatic rings. The van der Waals surface area contributed by atoms with Crippen molar-refractivity contribution in [3.63, 3.8) is 0 Å². The number of hydrogen-bond acceptors (Lipinski definition) is 5. The SMILES string of the molecule is COC(=O)c1cc(OC(C)C)cc(/C(N)=N/O)c1. The molecule has 0 bridgehead atoms. The zero-order chi connectivity index (χ0) is 13.7. The summed E-state index contributed by atoms with van der Waals surface area (Å²) in [5, 5.41) is 11.5. The molecule has 0 heterocycles. The van der Waals surface area contributed by atoms with Crippen LogP contribution in [-0.2, 0) is 4.74 Å². The van der Waals surface area contributed by atoms with Gasteiger partial charge in [-0.1, -0.05) is 5.16 Å². The second-order valence-electron chi connectivity index (χ2n) is 3.89. The standard InChI is InChI=1S/C12H16N2O4/c1-7(2)18-10-5-8(11(13)14-16)4-9(6-10)12(15)17-3/h4-7,16H,1-3H3,(H2,13,14). The van der Waals surface area contributed by atoms with Gasteiger partial charge in [0.25, 0.3) is 0 Å². The van der Waals surface area contributed by atoms with Gasteiger partial charge < -0.3 is 20.4 Å². The fraction of sp³-hybridized carbons (Fsp3) is 0.333. The number of benzene rings is 1. The third-order valence-electron chi connectivity index (χ3n) is 2.10. The number of carbonyl (C=O) groups excluding carboxylic acids is 1. The van der Waals surface area contributed by atoms with E-state index in [2.05, 4.69) is 9.89 Å². The van der Waals surface area contributed by atoms with E-state index in [1.807, 2.05) is 13.8 Å². The molecule has 18 heavy (non-hydrogen) atoms. The van der Waals surface area contributed by atoms with Gasteiger partial charge in [-0.25, -0.2) is 4.79 Å². The van der Waals surface area contributed by atoms with Crippen molar-refractivity contribution in [2.75, 3.05) is 7.11 Å². The Balaban J connectivity index is 3.24. The summed E-state index contributed by atoms with van der Waals surface area (Å²) in [5.74, 6) is -0.167. The Kier molecular flexibility index (Phi) is 4.53. The first-order chi connectivity index (χ1) is 8.47. The second kappa shape index (κ2) is 5.90. The van der Waals surface area contributed by atoms with Crippen molar-refractivity contribution in [3.05, 3.63) is 29.3 Å². The highest BCUT2D eigenvalue weighted by Crippen LogP contribution is 2.19. The molecular weight excluding hydrogens is 236 g/mol. The number of nitrogens with two attached hydrogens (primary N) is 1. The van der Waals surface area contributed by atoms with Crippen LogP contribution >= 0.6 is 0 Å². The van der Waals surface area contributed by atoms with Crippen molar-refractivity contribution >= 4 is 11.8 Å². The lowest BCUT2D eigenvalue weighted by Crippen LogP contribution is -2.15. The van der Waals surface area contributed by atoms with E-state index in [9.17, 15) is 4.79 Å². The van der Waals surface area contributed by atoms with Crippen LogP contribution in [-0.4, -0.2) is 30.2 Å². The quantitative estimate of drug-likeness (QED) is 0.277. The van der Waals surface area contributed by atoms with Crippen LogP contribution in [0, 0.1) is 0 Å². The monoisotopic (exact) mass is 252 g/mol. The summed E-state index contributed by atoms with van der Waals surface area (Å²) in [6, 6.07) is 4.59. The average molecular weight is 252 g/mol. The molecule has 0 fully saturated rings. The zero-order valence-corrected chi connectivity index (χ0v) is 10.5. The number of rotatable bonds is 4. The molecule has 0 radical (unpaired) electrons. The highest BCUT2D eigenvalue weighted by molar-refractivity contribution is 6.00. The summed E-state index contributed by atoms with van der Waals surface area (Å²) in [4.78, 5) is 11.5. The molecule has 98 valence electrons. The molecule has 0 spiro atoms. The molecule has 0 aromatic heterocycles. The number of ether oxygens (including phenoxy) is 2. The first-order valence-corrected chi connectivity index (χ1v) is 5.36. The maximum Gasteiger partial charge on any atom is 0.338 e. The maximum absolute atomic E-state index is 11.5. The predicted molar refractivity (Wildman–Crippen MR) is 66.1 cm³/mol. The first kappa shape index (κ1) is 13.8. The van der Waals surface area contributed by atoms with Gasteiger partial charge in [-0.15, -0.1) is 0 Å². The first-order valence-electron chi connectivity index (χ1n) is 5.36. The number of esters is 1. The fourth-order valence-electron chi connectivity index (χ4n) is 1.38. The molecule has 3 N–H and O–H groups in total. The summed E-state index contributed by atoms with van der Waals surface area (Å²) in [5.41, 5.74) is 6.16. The molecule has 0 unspecified atom stereocenters. The van der Waals surface area contributed by atoms with Crippen molar-refractivity contribution in [1.29, 1.82) is 0 Å². The smallest absolute Gasteiger partial charge is 0.338 e. The zero-order valence-electron chi connectivity index (χ0n) is 10.5. The minimum Gasteiger partial charge on any atom is -0.491 e. The number of carbonyl (C=O) groups is 1. The van der Waals surface area contributed by atoms with Gasteiger partial charge in [0, 0.05) is 5.56 Å². The van der Waals surface area contributed by atoms with Crippen LogP contribution in [0.2, 0.25) is 0 Å².